The number of nitrogens with zero attached hydrogens (tertiary/aromatic N) is 1. The minimum Gasteiger partial charge on any atom is -0.344 e. The summed E-state index contributed by atoms with van der Waals surface area (Å²) < 4.78 is 0. The lowest BCUT2D eigenvalue weighted by molar-refractivity contribution is -0.127. The number of hydrogen-bond acceptors (Lipinski definition) is 3. The van der Waals surface area contributed by atoms with Crippen LogP contribution in [-0.4, -0.2) is 36.5 Å². The van der Waals surface area contributed by atoms with E-state index in [1.165, 1.54) is 18.4 Å². The summed E-state index contributed by atoms with van der Waals surface area (Å²) in [7, 11) is 0. The number of halogens is 1. The van der Waals surface area contributed by atoms with Crippen molar-refractivity contribution in [3.05, 3.63) is 29.8 Å². The van der Waals surface area contributed by atoms with Gasteiger partial charge in [0.15, 0.2) is 0 Å². The fourth-order valence-corrected chi connectivity index (χ4v) is 4.65. The number of amides is 2. The van der Waals surface area contributed by atoms with Crippen LogP contribution in [0.1, 0.15) is 44.1 Å². The predicted molar refractivity (Wildman–Crippen MR) is 105 cm³/mol. The van der Waals surface area contributed by atoms with Crippen LogP contribution in [0.4, 0.5) is 5.69 Å². The molecule has 1 aromatic rings. The van der Waals surface area contributed by atoms with Gasteiger partial charge in [0, 0.05) is 30.7 Å². The highest BCUT2D eigenvalue weighted by atomic mass is 35.5. The van der Waals surface area contributed by atoms with E-state index in [2.05, 4.69) is 10.6 Å². The molecular formula is C20H28ClN3O2. The second kappa shape index (κ2) is 7.97. The van der Waals surface area contributed by atoms with Gasteiger partial charge >= 0.3 is 0 Å². The number of benzene rings is 1. The summed E-state index contributed by atoms with van der Waals surface area (Å²) >= 11 is 0. The van der Waals surface area contributed by atoms with E-state index in [-0.39, 0.29) is 30.3 Å². The summed E-state index contributed by atoms with van der Waals surface area (Å²) in [6, 6.07) is 8.81. The summed E-state index contributed by atoms with van der Waals surface area (Å²) in [4.78, 5) is 26.9. The van der Waals surface area contributed by atoms with E-state index >= 15 is 0 Å². The standard InChI is InChI=1S/C20H27N3O2.ClH/c1-13-2-6-17(7-3-13)23-9-8-18(20(23)25)22-19(24)12-14-10-15-4-5-16(11-14)21-15;/h2-3,6-7,14-16,18,21H,4-5,8-12H2,1H3,(H,22,24);1H. The lowest BCUT2D eigenvalue weighted by atomic mass is 9.89. The minimum absolute atomic E-state index is 0. The van der Waals surface area contributed by atoms with Gasteiger partial charge in [-0.2, -0.15) is 0 Å². The highest BCUT2D eigenvalue weighted by Gasteiger charge is 2.36. The number of nitrogens with one attached hydrogen (secondary N) is 2. The van der Waals surface area contributed by atoms with E-state index in [1.54, 1.807) is 4.90 Å². The van der Waals surface area contributed by atoms with Gasteiger partial charge in [0.1, 0.15) is 6.04 Å². The number of hydrogen-bond donors (Lipinski definition) is 2. The molecule has 0 radical (unpaired) electrons. The van der Waals surface area contributed by atoms with Crippen molar-refractivity contribution in [3.8, 4) is 0 Å². The molecule has 0 saturated carbocycles. The third-order valence-corrected chi connectivity index (χ3v) is 5.93. The largest absolute Gasteiger partial charge is 0.344 e. The van der Waals surface area contributed by atoms with E-state index in [4.69, 9.17) is 0 Å². The van der Waals surface area contributed by atoms with E-state index in [9.17, 15) is 9.59 Å². The lowest BCUT2D eigenvalue weighted by Gasteiger charge is -2.28. The quantitative estimate of drug-likeness (QED) is 0.847. The monoisotopic (exact) mass is 377 g/mol. The fraction of sp³-hybridized carbons (Fsp3) is 0.600. The number of fused-ring (bicyclic) bond motifs is 2. The molecule has 6 heteroatoms. The van der Waals surface area contributed by atoms with Crippen molar-refractivity contribution in [2.75, 3.05) is 11.4 Å². The molecule has 3 aliphatic heterocycles. The second-order valence-electron chi connectivity index (χ2n) is 7.91. The first-order chi connectivity index (χ1) is 12.1. The number of piperidine rings is 1. The molecule has 0 spiro atoms. The van der Waals surface area contributed by atoms with Crippen LogP contribution in [0.3, 0.4) is 0 Å². The van der Waals surface area contributed by atoms with Crippen LogP contribution in [0, 0.1) is 12.8 Å². The molecule has 4 rings (SSSR count). The average Bonchev–Trinajstić information content (AvgIpc) is 3.11. The van der Waals surface area contributed by atoms with Crippen molar-refractivity contribution in [3.63, 3.8) is 0 Å². The van der Waals surface area contributed by atoms with Crippen molar-refractivity contribution in [2.24, 2.45) is 5.92 Å². The Bertz CT molecular complexity index is 652. The first kappa shape index (κ1) is 19.2. The predicted octanol–water partition coefficient (Wildman–Crippen LogP) is 2.56. The first-order valence-electron chi connectivity index (χ1n) is 9.52. The van der Waals surface area contributed by atoms with Crippen LogP contribution in [-0.2, 0) is 9.59 Å². The Hall–Kier alpha value is -1.59. The van der Waals surface area contributed by atoms with Gasteiger partial charge in [-0.3, -0.25) is 9.59 Å². The minimum atomic E-state index is -0.368. The van der Waals surface area contributed by atoms with Gasteiger partial charge in [0.05, 0.1) is 0 Å². The normalized spacial score (nSPS) is 30.2. The Kier molecular flexibility index (Phi) is 5.88. The van der Waals surface area contributed by atoms with Crippen LogP contribution < -0.4 is 15.5 Å². The van der Waals surface area contributed by atoms with Crippen molar-refractivity contribution in [2.45, 2.75) is 63.6 Å². The molecule has 142 valence electrons. The van der Waals surface area contributed by atoms with Gasteiger partial charge in [0.25, 0.3) is 0 Å². The third kappa shape index (κ3) is 4.04. The summed E-state index contributed by atoms with van der Waals surface area (Å²) in [6.45, 7) is 2.70. The molecule has 3 saturated heterocycles. The van der Waals surface area contributed by atoms with E-state index < -0.39 is 0 Å². The van der Waals surface area contributed by atoms with Gasteiger partial charge in [-0.05, 0) is 57.1 Å². The Morgan fingerprint density at radius 2 is 1.81 bits per heavy atom. The number of carbonyl (C=O) groups excluding carboxylic acids is 2. The molecule has 0 aliphatic carbocycles. The first-order valence-corrected chi connectivity index (χ1v) is 9.52. The Morgan fingerprint density at radius 1 is 1.15 bits per heavy atom. The summed E-state index contributed by atoms with van der Waals surface area (Å²) in [6.07, 6.45) is 5.93. The zero-order valence-corrected chi connectivity index (χ0v) is 16.1. The van der Waals surface area contributed by atoms with Crippen LogP contribution in [0.2, 0.25) is 0 Å². The molecule has 2 bridgehead atoms. The van der Waals surface area contributed by atoms with Gasteiger partial charge in [-0.15, -0.1) is 12.4 Å². The SMILES string of the molecule is Cc1ccc(N2CCC(NC(=O)CC3CC4CCC(C3)N4)C2=O)cc1.Cl. The van der Waals surface area contributed by atoms with Crippen LogP contribution in [0.5, 0.6) is 0 Å². The Balaban J connectivity index is 0.00000196. The molecule has 3 unspecified atom stereocenters. The van der Waals surface area contributed by atoms with Crippen molar-refractivity contribution in [1.29, 1.82) is 0 Å². The summed E-state index contributed by atoms with van der Waals surface area (Å²) in [5.41, 5.74) is 2.10. The highest BCUT2D eigenvalue weighted by molar-refractivity contribution is 6.01. The smallest absolute Gasteiger partial charge is 0.249 e. The number of rotatable bonds is 4. The Labute approximate surface area is 161 Å². The van der Waals surface area contributed by atoms with Gasteiger partial charge in [0.2, 0.25) is 11.8 Å². The number of anilines is 1. The lowest BCUT2D eigenvalue weighted by Crippen LogP contribution is -2.44. The Morgan fingerprint density at radius 3 is 2.46 bits per heavy atom. The van der Waals surface area contributed by atoms with E-state index in [0.29, 0.717) is 37.4 Å². The van der Waals surface area contributed by atoms with Crippen LogP contribution in [0.25, 0.3) is 0 Å². The van der Waals surface area contributed by atoms with E-state index in [0.717, 1.165) is 18.5 Å². The molecule has 3 heterocycles. The topological polar surface area (TPSA) is 61.4 Å². The van der Waals surface area contributed by atoms with Gasteiger partial charge in [-0.1, -0.05) is 17.7 Å². The van der Waals surface area contributed by atoms with Gasteiger partial charge in [-0.25, -0.2) is 0 Å². The van der Waals surface area contributed by atoms with Crippen molar-refractivity contribution < 1.29 is 9.59 Å². The highest BCUT2D eigenvalue weighted by Crippen LogP contribution is 2.32. The molecule has 0 aromatic heterocycles. The number of aryl methyl sites for hydroxylation is 1. The zero-order chi connectivity index (χ0) is 17.4. The van der Waals surface area contributed by atoms with Crippen molar-refractivity contribution >= 4 is 29.9 Å². The molecule has 2 amide bonds. The molecule has 2 N–H and O–H groups in total. The third-order valence-electron chi connectivity index (χ3n) is 5.93. The summed E-state index contributed by atoms with van der Waals surface area (Å²) in [5, 5.41) is 6.60. The maximum absolute atomic E-state index is 12.6. The second-order valence-corrected chi connectivity index (χ2v) is 7.91. The van der Waals surface area contributed by atoms with Gasteiger partial charge < -0.3 is 15.5 Å². The molecule has 1 aromatic carbocycles. The van der Waals surface area contributed by atoms with Crippen LogP contribution >= 0.6 is 12.4 Å². The molecule has 5 nitrogen and oxygen atoms in total. The van der Waals surface area contributed by atoms with Crippen molar-refractivity contribution in [1.82, 2.24) is 10.6 Å². The fourth-order valence-electron chi connectivity index (χ4n) is 4.65. The maximum atomic E-state index is 12.6. The molecule has 3 atom stereocenters. The van der Waals surface area contributed by atoms with E-state index in [1.807, 2.05) is 31.2 Å². The molecule has 3 aliphatic rings. The summed E-state index contributed by atoms with van der Waals surface area (Å²) in [5.74, 6) is 0.515. The molecular weight excluding hydrogens is 350 g/mol. The number of carbonyl (C=O) groups is 2. The van der Waals surface area contributed by atoms with Crippen LogP contribution in [0.15, 0.2) is 24.3 Å². The molecule has 26 heavy (non-hydrogen) atoms. The molecule has 3 fully saturated rings. The average molecular weight is 378 g/mol. The maximum Gasteiger partial charge on any atom is 0.249 e. The zero-order valence-electron chi connectivity index (χ0n) is 15.2.